The van der Waals surface area contributed by atoms with E-state index in [4.69, 9.17) is 15.0 Å². The molecule has 0 unspecified atom stereocenters. The molecular formula is C39H26N4S. The largest absolute Gasteiger partial charge is 0.313 e. The topological polar surface area (TPSA) is 43.6 Å². The first-order chi connectivity index (χ1) is 21.8. The number of hydrogen-bond acceptors (Lipinski definition) is 4. The van der Waals surface area contributed by atoms with Gasteiger partial charge in [0.25, 0.3) is 0 Å². The first-order valence-electron chi connectivity index (χ1n) is 14.9. The summed E-state index contributed by atoms with van der Waals surface area (Å²) in [5.41, 5.74) is 6.86. The van der Waals surface area contributed by atoms with E-state index in [1.54, 1.807) is 0 Å². The molecule has 0 N–H and O–H groups in total. The second kappa shape index (κ2) is 10.1. The number of rotatable bonds is 4. The molecule has 208 valence electrons. The molecule has 1 aliphatic rings. The molecule has 0 spiro atoms. The highest BCUT2D eigenvalue weighted by atomic mass is 32.1. The average Bonchev–Trinajstić information content (AvgIpc) is 3.63. The number of para-hydroxylation sites is 1. The molecule has 0 aliphatic heterocycles. The molecule has 0 saturated carbocycles. The lowest BCUT2D eigenvalue weighted by Crippen LogP contribution is -2.06. The highest BCUT2D eigenvalue weighted by molar-refractivity contribution is 7.25. The lowest BCUT2D eigenvalue weighted by Gasteiger charge is -2.18. The van der Waals surface area contributed by atoms with Gasteiger partial charge in [0.2, 0.25) is 0 Å². The van der Waals surface area contributed by atoms with Gasteiger partial charge in [-0.15, -0.1) is 11.3 Å². The van der Waals surface area contributed by atoms with Gasteiger partial charge in [-0.3, -0.25) is 0 Å². The number of thiophene rings is 1. The van der Waals surface area contributed by atoms with Gasteiger partial charge in [-0.05, 0) is 48.8 Å². The normalized spacial score (nSPS) is 13.5. The van der Waals surface area contributed by atoms with Gasteiger partial charge in [-0.2, -0.15) is 0 Å². The molecule has 0 bridgehead atoms. The van der Waals surface area contributed by atoms with E-state index in [1.165, 1.54) is 47.7 Å². The summed E-state index contributed by atoms with van der Waals surface area (Å²) in [4.78, 5) is 14.8. The molecular weight excluding hydrogens is 557 g/mol. The van der Waals surface area contributed by atoms with Crippen LogP contribution in [-0.2, 0) is 0 Å². The maximum atomic E-state index is 4.97. The molecule has 0 atom stereocenters. The van der Waals surface area contributed by atoms with Crippen LogP contribution in [0.2, 0.25) is 0 Å². The number of fused-ring (bicyclic) bond motifs is 6. The predicted molar refractivity (Wildman–Crippen MR) is 185 cm³/mol. The van der Waals surface area contributed by atoms with Gasteiger partial charge in [0, 0.05) is 47.8 Å². The number of allylic oxidation sites excluding steroid dienone is 4. The van der Waals surface area contributed by atoms with Gasteiger partial charge >= 0.3 is 0 Å². The molecule has 3 heterocycles. The van der Waals surface area contributed by atoms with Crippen LogP contribution in [0.1, 0.15) is 18.7 Å². The monoisotopic (exact) mass is 582 g/mol. The van der Waals surface area contributed by atoms with Crippen molar-refractivity contribution in [2.75, 3.05) is 0 Å². The first kappa shape index (κ1) is 25.1. The fourth-order valence-electron chi connectivity index (χ4n) is 6.45. The summed E-state index contributed by atoms with van der Waals surface area (Å²) in [7, 11) is 0. The molecule has 5 heteroatoms. The van der Waals surface area contributed by atoms with Crippen molar-refractivity contribution < 1.29 is 0 Å². The smallest absolute Gasteiger partial charge is 0.164 e. The minimum atomic E-state index is 0.694. The van der Waals surface area contributed by atoms with Crippen LogP contribution in [0, 0.1) is 0 Å². The van der Waals surface area contributed by atoms with E-state index in [2.05, 4.69) is 102 Å². The molecule has 5 aromatic carbocycles. The molecule has 0 radical (unpaired) electrons. The third-order valence-electron chi connectivity index (χ3n) is 8.57. The maximum Gasteiger partial charge on any atom is 0.164 e. The van der Waals surface area contributed by atoms with Crippen LogP contribution in [0.25, 0.3) is 76.0 Å². The molecule has 0 saturated heterocycles. The van der Waals surface area contributed by atoms with Crippen LogP contribution in [0.5, 0.6) is 0 Å². The van der Waals surface area contributed by atoms with Crippen molar-refractivity contribution >= 4 is 64.6 Å². The summed E-state index contributed by atoms with van der Waals surface area (Å²) in [6.45, 7) is 0. The second-order valence-corrected chi connectivity index (χ2v) is 12.3. The van der Waals surface area contributed by atoms with Gasteiger partial charge < -0.3 is 4.57 Å². The Kier molecular flexibility index (Phi) is 5.78. The van der Waals surface area contributed by atoms with E-state index in [1.807, 2.05) is 47.7 Å². The van der Waals surface area contributed by atoms with Crippen LogP contribution in [0.15, 0.2) is 133 Å². The fourth-order valence-corrected chi connectivity index (χ4v) is 7.57. The highest BCUT2D eigenvalue weighted by Gasteiger charge is 2.20. The highest BCUT2D eigenvalue weighted by Crippen LogP contribution is 2.42. The zero-order valence-corrected chi connectivity index (χ0v) is 24.6. The summed E-state index contributed by atoms with van der Waals surface area (Å²) < 4.78 is 5.12. The SMILES string of the molecule is C1=C(c2nc(-c3ccccc3)nc(-c3ccccc3)n2)CCC(n2c3ccccc3c3cc4sc5ccccc5c4cc32)=C1. The zero-order valence-electron chi connectivity index (χ0n) is 23.8. The van der Waals surface area contributed by atoms with Gasteiger partial charge in [0.05, 0.1) is 11.0 Å². The third kappa shape index (κ3) is 4.08. The molecule has 9 rings (SSSR count). The van der Waals surface area contributed by atoms with Gasteiger partial charge in [0.1, 0.15) is 0 Å². The Bertz CT molecular complexity index is 2370. The van der Waals surface area contributed by atoms with Crippen LogP contribution < -0.4 is 0 Å². The Morgan fingerprint density at radius 3 is 1.82 bits per heavy atom. The van der Waals surface area contributed by atoms with Gasteiger partial charge in [-0.1, -0.05) is 103 Å². The molecule has 0 amide bonds. The summed E-state index contributed by atoms with van der Waals surface area (Å²) in [6, 6.07) is 42.6. The van der Waals surface area contributed by atoms with E-state index in [0.717, 1.165) is 35.4 Å². The summed E-state index contributed by atoms with van der Waals surface area (Å²) in [6.07, 6.45) is 6.19. The Morgan fingerprint density at radius 1 is 0.477 bits per heavy atom. The zero-order chi connectivity index (χ0) is 29.0. The van der Waals surface area contributed by atoms with E-state index in [-0.39, 0.29) is 0 Å². The predicted octanol–water partition coefficient (Wildman–Crippen LogP) is 10.4. The fraction of sp³-hybridized carbons (Fsp3) is 0.0513. The number of hydrogen-bond donors (Lipinski definition) is 0. The van der Waals surface area contributed by atoms with E-state index < -0.39 is 0 Å². The molecule has 3 aromatic heterocycles. The molecule has 8 aromatic rings. The quantitative estimate of drug-likeness (QED) is 0.207. The average molecular weight is 583 g/mol. The van der Waals surface area contributed by atoms with E-state index in [9.17, 15) is 0 Å². The molecule has 0 fully saturated rings. The van der Waals surface area contributed by atoms with Crippen molar-refractivity contribution in [3.63, 3.8) is 0 Å². The van der Waals surface area contributed by atoms with E-state index >= 15 is 0 Å². The second-order valence-electron chi connectivity index (χ2n) is 11.2. The maximum absolute atomic E-state index is 4.97. The van der Waals surface area contributed by atoms with Crippen molar-refractivity contribution in [2.24, 2.45) is 0 Å². The molecule has 4 nitrogen and oxygen atoms in total. The lowest BCUT2D eigenvalue weighted by atomic mass is 10.0. The molecule has 1 aliphatic carbocycles. The number of aromatic nitrogens is 4. The first-order valence-corrected chi connectivity index (χ1v) is 15.7. The minimum Gasteiger partial charge on any atom is -0.313 e. The van der Waals surface area contributed by atoms with Crippen LogP contribution in [-0.4, -0.2) is 19.5 Å². The Hall–Kier alpha value is -5.39. The summed E-state index contributed by atoms with van der Waals surface area (Å²) >= 11 is 1.87. The minimum absolute atomic E-state index is 0.694. The van der Waals surface area contributed by atoms with Crippen molar-refractivity contribution in [2.45, 2.75) is 12.8 Å². The summed E-state index contributed by atoms with van der Waals surface area (Å²) in [5, 5.41) is 5.23. The van der Waals surface area contributed by atoms with Crippen LogP contribution >= 0.6 is 11.3 Å². The van der Waals surface area contributed by atoms with E-state index in [0.29, 0.717) is 11.6 Å². The summed E-state index contributed by atoms with van der Waals surface area (Å²) in [5.74, 6) is 2.13. The number of benzene rings is 5. The molecule has 44 heavy (non-hydrogen) atoms. The van der Waals surface area contributed by atoms with Crippen LogP contribution in [0.3, 0.4) is 0 Å². The Morgan fingerprint density at radius 2 is 1.11 bits per heavy atom. The van der Waals surface area contributed by atoms with Crippen LogP contribution in [0.4, 0.5) is 0 Å². The van der Waals surface area contributed by atoms with Crippen molar-refractivity contribution in [1.29, 1.82) is 0 Å². The number of nitrogens with zero attached hydrogens (tertiary/aromatic N) is 4. The van der Waals surface area contributed by atoms with Crippen molar-refractivity contribution in [3.8, 4) is 22.8 Å². The standard InChI is InChI=1S/C39H26N4S/c1-3-11-25(12-4-1)37-40-38(26-13-5-2-6-14-26)42-39(41-37)27-19-21-28(22-20-27)43-33-17-9-7-15-29(33)31-24-36-32(23-34(31)43)30-16-8-10-18-35(30)44-36/h1-19,21,23-24H,20,22H2. The Labute approximate surface area is 258 Å². The third-order valence-corrected chi connectivity index (χ3v) is 9.71. The van der Waals surface area contributed by atoms with Gasteiger partial charge in [0.15, 0.2) is 17.5 Å². The Balaban J connectivity index is 1.20. The van der Waals surface area contributed by atoms with Gasteiger partial charge in [-0.25, -0.2) is 15.0 Å². The lowest BCUT2D eigenvalue weighted by molar-refractivity contribution is 0.954. The van der Waals surface area contributed by atoms with Crippen molar-refractivity contribution in [3.05, 3.63) is 139 Å². The van der Waals surface area contributed by atoms with Crippen molar-refractivity contribution in [1.82, 2.24) is 19.5 Å².